The summed E-state index contributed by atoms with van der Waals surface area (Å²) in [7, 11) is -2.42. The van der Waals surface area contributed by atoms with Crippen LogP contribution in [0.1, 0.15) is 41.5 Å². The number of aromatic nitrogens is 3. The van der Waals surface area contributed by atoms with Gasteiger partial charge in [0.2, 0.25) is 11.8 Å². The molecule has 0 unspecified atom stereocenters. The Bertz CT molecular complexity index is 1630. The Kier molecular flexibility index (Phi) is 9.03. The number of methoxy groups -OCH3 is 1. The first kappa shape index (κ1) is 31.1. The smallest absolute Gasteiger partial charge is 0.477 e. The van der Waals surface area contributed by atoms with Crippen LogP contribution in [0.5, 0.6) is 5.88 Å². The molecular weight excluding hydrogens is 555 g/mol. The highest BCUT2D eigenvalue weighted by molar-refractivity contribution is 7.48. The first-order valence-corrected chi connectivity index (χ1v) is 14.8. The Balaban J connectivity index is 1.79. The van der Waals surface area contributed by atoms with Crippen molar-refractivity contribution in [2.24, 2.45) is 0 Å². The number of nitrogens with zero attached hydrogens (tertiary/aromatic N) is 3. The molecule has 1 N–H and O–H groups in total. The van der Waals surface area contributed by atoms with Gasteiger partial charge in [-0.2, -0.15) is 0 Å². The fourth-order valence-corrected chi connectivity index (χ4v) is 5.94. The summed E-state index contributed by atoms with van der Waals surface area (Å²) in [5.41, 5.74) is 3.05. The van der Waals surface area contributed by atoms with Crippen molar-refractivity contribution in [3.05, 3.63) is 73.7 Å². The molecule has 4 rings (SSSR count). The van der Waals surface area contributed by atoms with Crippen molar-refractivity contribution >= 4 is 30.5 Å². The number of nitrogens with one attached hydrogen (secondary N) is 1. The van der Waals surface area contributed by atoms with E-state index >= 15 is 0 Å². The summed E-state index contributed by atoms with van der Waals surface area (Å²) >= 11 is 0. The van der Waals surface area contributed by atoms with Gasteiger partial charge in [-0.1, -0.05) is 18.7 Å². The van der Waals surface area contributed by atoms with Crippen LogP contribution in [0.25, 0.3) is 33.3 Å². The van der Waals surface area contributed by atoms with Crippen molar-refractivity contribution in [3.63, 3.8) is 0 Å². The first-order valence-electron chi connectivity index (χ1n) is 13.4. The number of hydrogen-bond donors (Lipinski definition) is 1. The van der Waals surface area contributed by atoms with Gasteiger partial charge in [-0.15, -0.1) is 0 Å². The highest BCUT2D eigenvalue weighted by Gasteiger charge is 2.37. The zero-order valence-corrected chi connectivity index (χ0v) is 25.9. The fraction of sp³-hybridized carbons (Fsp3) is 0.323. The Labute approximate surface area is 246 Å². The Morgan fingerprint density at radius 3 is 2.36 bits per heavy atom. The minimum atomic E-state index is -3.98. The van der Waals surface area contributed by atoms with Gasteiger partial charge < -0.3 is 14.6 Å². The van der Waals surface area contributed by atoms with Gasteiger partial charge in [-0.05, 0) is 83.0 Å². The monoisotopic (exact) mass is 592 g/mol. The summed E-state index contributed by atoms with van der Waals surface area (Å²) in [6, 6.07) is 13.2. The maximum absolute atomic E-state index is 13.7. The third kappa shape index (κ3) is 7.92. The van der Waals surface area contributed by atoms with E-state index < -0.39 is 19.0 Å². The lowest BCUT2D eigenvalue weighted by Gasteiger charge is -2.30. The van der Waals surface area contributed by atoms with Crippen LogP contribution < -0.4 is 10.1 Å². The van der Waals surface area contributed by atoms with Gasteiger partial charge >= 0.3 is 7.82 Å². The summed E-state index contributed by atoms with van der Waals surface area (Å²) in [5.74, 6) is 0.163. The lowest BCUT2D eigenvalue weighted by Crippen LogP contribution is -2.25. The van der Waals surface area contributed by atoms with Crippen molar-refractivity contribution < 1.29 is 27.7 Å². The zero-order chi connectivity index (χ0) is 30.7. The number of pyridine rings is 2. The van der Waals surface area contributed by atoms with E-state index in [4.69, 9.17) is 23.3 Å². The molecule has 0 atom stereocenters. The number of fused-ring (bicyclic) bond motifs is 1. The van der Waals surface area contributed by atoms with Gasteiger partial charge in [-0.3, -0.25) is 18.4 Å². The lowest BCUT2D eigenvalue weighted by atomic mass is 10.0. The van der Waals surface area contributed by atoms with E-state index in [2.05, 4.69) is 16.9 Å². The second-order valence-corrected chi connectivity index (χ2v) is 13.1. The summed E-state index contributed by atoms with van der Waals surface area (Å²) in [6.07, 6.45) is 6.49. The highest BCUT2D eigenvalue weighted by atomic mass is 31.2. The van der Waals surface area contributed by atoms with Crippen LogP contribution in [0.3, 0.4) is 0 Å². The Hall–Kier alpha value is -3.82. The normalized spacial score (nSPS) is 12.4. The number of benzene rings is 1. The summed E-state index contributed by atoms with van der Waals surface area (Å²) in [4.78, 5) is 20.8. The van der Waals surface area contributed by atoms with Gasteiger partial charge in [0, 0.05) is 46.9 Å². The van der Waals surface area contributed by atoms with Crippen molar-refractivity contribution in [2.45, 2.75) is 59.5 Å². The third-order valence-corrected chi connectivity index (χ3v) is 7.72. The standard InChI is InChI=1S/C31H37N4O6P/c1-9-27(36)34-24-12-10-11-21(15-24)23-16-25-26(22-13-14-32-28(17-22)38-8)19-35(29(25)33-18-23)20-39-42(37,40-30(2,3)4)41-31(5,6)7/h9-19H,1,20H2,2-8H3,(H,34,36). The number of carbonyl (C=O) groups is 1. The van der Waals surface area contributed by atoms with Gasteiger partial charge in [0.15, 0.2) is 0 Å². The average molecular weight is 593 g/mol. The van der Waals surface area contributed by atoms with Gasteiger partial charge in [0.05, 0.1) is 18.3 Å². The van der Waals surface area contributed by atoms with Gasteiger partial charge in [0.25, 0.3) is 0 Å². The van der Waals surface area contributed by atoms with E-state index in [1.165, 1.54) is 6.08 Å². The molecule has 3 aromatic heterocycles. The number of phosphoric ester groups is 1. The molecule has 0 aliphatic rings. The van der Waals surface area contributed by atoms with E-state index in [9.17, 15) is 9.36 Å². The van der Waals surface area contributed by atoms with E-state index in [1.54, 1.807) is 71.7 Å². The number of hydrogen-bond acceptors (Lipinski definition) is 8. The molecule has 4 aromatic rings. The molecule has 42 heavy (non-hydrogen) atoms. The minimum Gasteiger partial charge on any atom is -0.481 e. The average Bonchev–Trinajstić information content (AvgIpc) is 3.28. The molecule has 0 radical (unpaired) electrons. The number of phosphoric acid groups is 1. The topological polar surface area (TPSA) is 114 Å². The second kappa shape index (κ2) is 12.2. The number of rotatable bonds is 10. The van der Waals surface area contributed by atoms with Crippen LogP contribution in [0, 0.1) is 0 Å². The molecule has 1 aromatic carbocycles. The number of amides is 1. The van der Waals surface area contributed by atoms with Gasteiger partial charge in [0.1, 0.15) is 12.4 Å². The molecule has 0 spiro atoms. The molecule has 10 nitrogen and oxygen atoms in total. The molecule has 0 saturated heterocycles. The molecule has 3 heterocycles. The lowest BCUT2D eigenvalue weighted by molar-refractivity contribution is -0.111. The minimum absolute atomic E-state index is 0.141. The maximum Gasteiger partial charge on any atom is 0.477 e. The van der Waals surface area contributed by atoms with Crippen LogP contribution in [0.2, 0.25) is 0 Å². The second-order valence-electron chi connectivity index (χ2n) is 11.6. The van der Waals surface area contributed by atoms with Crippen LogP contribution in [-0.2, 0) is 29.7 Å². The summed E-state index contributed by atoms with van der Waals surface area (Å²) in [6.45, 7) is 14.1. The predicted octanol–water partition coefficient (Wildman–Crippen LogP) is 7.61. The third-order valence-electron chi connectivity index (χ3n) is 5.74. The van der Waals surface area contributed by atoms with Crippen LogP contribution in [0.4, 0.5) is 5.69 Å². The van der Waals surface area contributed by atoms with Crippen molar-refractivity contribution in [1.29, 1.82) is 0 Å². The van der Waals surface area contributed by atoms with Gasteiger partial charge in [-0.25, -0.2) is 14.5 Å². The molecule has 222 valence electrons. The largest absolute Gasteiger partial charge is 0.481 e. The maximum atomic E-state index is 13.7. The number of ether oxygens (including phenoxy) is 1. The van der Waals surface area contributed by atoms with Crippen LogP contribution in [-0.4, -0.2) is 38.8 Å². The molecular formula is C31H37N4O6P. The van der Waals surface area contributed by atoms with E-state index in [0.717, 1.165) is 27.6 Å². The summed E-state index contributed by atoms with van der Waals surface area (Å²) in [5, 5.41) is 3.60. The number of anilines is 1. The van der Waals surface area contributed by atoms with E-state index in [-0.39, 0.29) is 12.6 Å². The molecule has 0 fully saturated rings. The van der Waals surface area contributed by atoms with E-state index in [0.29, 0.717) is 17.2 Å². The number of carbonyl (C=O) groups excluding carboxylic acids is 1. The quantitative estimate of drug-likeness (QED) is 0.148. The summed E-state index contributed by atoms with van der Waals surface area (Å²) < 4.78 is 38.3. The molecule has 11 heteroatoms. The molecule has 0 aliphatic carbocycles. The molecule has 1 amide bonds. The van der Waals surface area contributed by atoms with E-state index in [1.807, 2.05) is 42.6 Å². The molecule has 0 aliphatic heterocycles. The fourth-order valence-electron chi connectivity index (χ4n) is 4.19. The zero-order valence-electron chi connectivity index (χ0n) is 25.0. The van der Waals surface area contributed by atoms with Crippen LogP contribution >= 0.6 is 7.82 Å². The predicted molar refractivity (Wildman–Crippen MR) is 164 cm³/mol. The highest BCUT2D eigenvalue weighted by Crippen LogP contribution is 2.55. The molecule has 0 bridgehead atoms. The first-order chi connectivity index (χ1) is 19.7. The van der Waals surface area contributed by atoms with Crippen molar-refractivity contribution in [3.8, 4) is 28.1 Å². The molecule has 0 saturated carbocycles. The Morgan fingerprint density at radius 2 is 1.71 bits per heavy atom. The van der Waals surface area contributed by atoms with Crippen molar-refractivity contribution in [2.75, 3.05) is 12.4 Å². The SMILES string of the molecule is C=CC(=O)Nc1cccc(-c2cnc3c(c2)c(-c2ccnc(OC)c2)cn3COP(=O)(OC(C)(C)C)OC(C)(C)C)c1. The van der Waals surface area contributed by atoms with Crippen molar-refractivity contribution in [1.82, 2.24) is 14.5 Å². The Morgan fingerprint density at radius 1 is 1.00 bits per heavy atom. The van der Waals surface area contributed by atoms with Crippen LogP contribution in [0.15, 0.2) is 73.7 Å².